The van der Waals surface area contributed by atoms with Gasteiger partial charge in [0.05, 0.1) is 13.7 Å². The van der Waals surface area contributed by atoms with E-state index in [0.29, 0.717) is 6.54 Å². The molecule has 0 unspecified atom stereocenters. The number of anilines is 1. The highest BCUT2D eigenvalue weighted by Crippen LogP contribution is 2.40. The maximum absolute atomic E-state index is 11.7. The highest BCUT2D eigenvalue weighted by molar-refractivity contribution is 9.10. The lowest BCUT2D eigenvalue weighted by atomic mass is 10.0. The van der Waals surface area contributed by atoms with Gasteiger partial charge in [-0.05, 0) is 66.7 Å². The molecule has 0 spiro atoms. The molecule has 0 aliphatic carbocycles. The summed E-state index contributed by atoms with van der Waals surface area (Å²) in [5.74, 6) is 1.87. The van der Waals surface area contributed by atoms with Crippen LogP contribution in [0.1, 0.15) is 12.0 Å². The topological polar surface area (TPSA) is 35.7 Å². The Kier molecular flexibility index (Phi) is 4.52. The van der Waals surface area contributed by atoms with Gasteiger partial charge in [0.2, 0.25) is 0 Å². The van der Waals surface area contributed by atoms with E-state index >= 15 is 0 Å². The third kappa shape index (κ3) is 2.96. The molecule has 0 amide bonds. The molecule has 130 valence electrons. The van der Waals surface area contributed by atoms with Gasteiger partial charge in [-0.25, -0.2) is 4.58 Å². The van der Waals surface area contributed by atoms with Crippen LogP contribution in [0.3, 0.4) is 0 Å². The molecule has 0 saturated carbocycles. The molecule has 0 fully saturated rings. The highest BCUT2D eigenvalue weighted by atomic mass is 79.9. The van der Waals surface area contributed by atoms with Crippen LogP contribution in [0.4, 0.5) is 5.69 Å². The fraction of sp³-hybridized carbons (Fsp3) is 0.316. The second-order valence-corrected chi connectivity index (χ2v) is 8.24. The van der Waals surface area contributed by atoms with Crippen LogP contribution in [0, 0.1) is 0 Å². The first-order valence-corrected chi connectivity index (χ1v) is 10.1. The minimum absolute atomic E-state index is 0.567. The van der Waals surface area contributed by atoms with Crippen molar-refractivity contribution in [1.29, 1.82) is 0 Å². The summed E-state index contributed by atoms with van der Waals surface area (Å²) in [6.07, 6.45) is 1.14. The minimum atomic E-state index is -1.09. The van der Waals surface area contributed by atoms with Crippen molar-refractivity contribution in [2.75, 3.05) is 30.9 Å². The number of rotatable bonds is 3. The summed E-state index contributed by atoms with van der Waals surface area (Å²) < 4.78 is 8.59. The van der Waals surface area contributed by atoms with Gasteiger partial charge in [0.15, 0.2) is 6.54 Å². The third-order valence-electron chi connectivity index (χ3n) is 4.68. The van der Waals surface area contributed by atoms with Gasteiger partial charge in [0.25, 0.3) is 5.72 Å². The quantitative estimate of drug-likeness (QED) is 0.770. The van der Waals surface area contributed by atoms with E-state index in [2.05, 4.69) is 25.4 Å². The Morgan fingerprint density at radius 3 is 2.56 bits per heavy atom. The zero-order chi connectivity index (χ0) is 17.4. The van der Waals surface area contributed by atoms with Gasteiger partial charge >= 0.3 is 5.17 Å². The van der Waals surface area contributed by atoms with Gasteiger partial charge in [-0.15, -0.1) is 0 Å². The van der Waals surface area contributed by atoms with E-state index in [-0.39, 0.29) is 0 Å². The predicted octanol–water partition coefficient (Wildman–Crippen LogP) is 3.63. The standard InChI is InChI=1S/C19H20BrN2O2S/c1-24-17-9-3-14(4-10-17)19(23)13-21-11-2-12-25-18(21)22(19)16-7-5-15(20)6-8-16/h3-10,23H,2,11-13H2,1H3/q+1/t19-/m0/s1. The van der Waals surface area contributed by atoms with Crippen LogP contribution >= 0.6 is 27.7 Å². The summed E-state index contributed by atoms with van der Waals surface area (Å²) in [4.78, 5) is 2.07. The Hall–Kier alpha value is -1.50. The lowest BCUT2D eigenvalue weighted by Crippen LogP contribution is -2.46. The van der Waals surface area contributed by atoms with Crippen LogP contribution in [0.15, 0.2) is 53.0 Å². The van der Waals surface area contributed by atoms with Crippen molar-refractivity contribution < 1.29 is 14.4 Å². The van der Waals surface area contributed by atoms with Crippen molar-refractivity contribution in [3.63, 3.8) is 0 Å². The highest BCUT2D eigenvalue weighted by Gasteiger charge is 2.55. The number of hydrogen-bond acceptors (Lipinski definition) is 4. The zero-order valence-corrected chi connectivity index (χ0v) is 16.4. The Morgan fingerprint density at radius 2 is 1.88 bits per heavy atom. The van der Waals surface area contributed by atoms with E-state index in [1.807, 2.05) is 60.3 Å². The van der Waals surface area contributed by atoms with Crippen molar-refractivity contribution in [3.05, 3.63) is 58.6 Å². The van der Waals surface area contributed by atoms with Gasteiger partial charge in [0, 0.05) is 15.8 Å². The van der Waals surface area contributed by atoms with Crippen LogP contribution in [-0.2, 0) is 5.72 Å². The number of amidine groups is 1. The molecule has 1 N–H and O–H groups in total. The second-order valence-electron chi connectivity index (χ2n) is 6.26. The first kappa shape index (κ1) is 16.9. The Balaban J connectivity index is 1.80. The molecule has 1 atom stereocenters. The summed E-state index contributed by atoms with van der Waals surface area (Å²) in [5, 5.41) is 12.9. The maximum Gasteiger partial charge on any atom is 0.316 e. The molecule has 0 radical (unpaired) electrons. The molecule has 2 aromatic rings. The Bertz CT molecular complexity index is 807. The summed E-state index contributed by atoms with van der Waals surface area (Å²) in [6, 6.07) is 15.8. The van der Waals surface area contributed by atoms with E-state index in [1.54, 1.807) is 7.11 Å². The van der Waals surface area contributed by atoms with Crippen LogP contribution in [-0.4, -0.2) is 40.8 Å². The molecule has 2 heterocycles. The SMILES string of the molecule is COc1ccc([C@@]2(O)C[N+]3=C(SCCC3)N2c2ccc(Br)cc2)cc1. The number of aliphatic hydroxyl groups is 1. The average Bonchev–Trinajstić information content (AvgIpc) is 2.96. The molecule has 6 heteroatoms. The van der Waals surface area contributed by atoms with Crippen LogP contribution in [0.25, 0.3) is 0 Å². The summed E-state index contributed by atoms with van der Waals surface area (Å²) >= 11 is 5.31. The molecule has 4 nitrogen and oxygen atoms in total. The molecule has 0 aromatic heterocycles. The summed E-state index contributed by atoms with van der Waals surface area (Å²) in [5.41, 5.74) is 0.777. The molecule has 2 aliphatic heterocycles. The molecular weight excluding hydrogens is 400 g/mol. The molecule has 2 aromatic carbocycles. The molecule has 2 aliphatic rings. The lowest BCUT2D eigenvalue weighted by molar-refractivity contribution is -0.532. The number of benzene rings is 2. The predicted molar refractivity (Wildman–Crippen MR) is 106 cm³/mol. The average molecular weight is 420 g/mol. The van der Waals surface area contributed by atoms with E-state index in [0.717, 1.165) is 45.4 Å². The first-order valence-electron chi connectivity index (χ1n) is 8.29. The Morgan fingerprint density at radius 1 is 1.16 bits per heavy atom. The van der Waals surface area contributed by atoms with Gasteiger partial charge in [0.1, 0.15) is 11.4 Å². The van der Waals surface area contributed by atoms with Crippen molar-refractivity contribution in [2.24, 2.45) is 0 Å². The maximum atomic E-state index is 11.7. The second kappa shape index (κ2) is 6.67. The van der Waals surface area contributed by atoms with Crippen molar-refractivity contribution in [1.82, 2.24) is 0 Å². The van der Waals surface area contributed by atoms with Crippen molar-refractivity contribution in [2.45, 2.75) is 12.1 Å². The number of ether oxygens (including phenoxy) is 1. The third-order valence-corrected chi connectivity index (χ3v) is 6.40. The van der Waals surface area contributed by atoms with Gasteiger partial charge in [-0.3, -0.25) is 0 Å². The van der Waals surface area contributed by atoms with Crippen LogP contribution in [0.5, 0.6) is 5.75 Å². The molecule has 25 heavy (non-hydrogen) atoms. The molecule has 0 bridgehead atoms. The van der Waals surface area contributed by atoms with Crippen LogP contribution in [0.2, 0.25) is 0 Å². The van der Waals surface area contributed by atoms with E-state index < -0.39 is 5.72 Å². The number of hydrogen-bond donors (Lipinski definition) is 1. The van der Waals surface area contributed by atoms with Crippen LogP contribution < -0.4 is 9.64 Å². The van der Waals surface area contributed by atoms with Gasteiger partial charge < -0.3 is 9.84 Å². The smallest absolute Gasteiger partial charge is 0.316 e. The number of nitrogens with zero attached hydrogens (tertiary/aromatic N) is 2. The lowest BCUT2D eigenvalue weighted by Gasteiger charge is -2.28. The fourth-order valence-corrected chi connectivity index (χ4v) is 4.89. The van der Waals surface area contributed by atoms with Gasteiger partial charge in [-0.2, -0.15) is 4.90 Å². The monoisotopic (exact) mass is 419 g/mol. The Labute approximate surface area is 160 Å². The van der Waals surface area contributed by atoms with Gasteiger partial charge in [-0.1, -0.05) is 15.9 Å². The van der Waals surface area contributed by atoms with Crippen molar-refractivity contribution in [3.8, 4) is 5.75 Å². The molecule has 4 rings (SSSR count). The van der Waals surface area contributed by atoms with E-state index in [9.17, 15) is 5.11 Å². The minimum Gasteiger partial charge on any atom is -0.497 e. The number of thioether (sulfide) groups is 1. The first-order chi connectivity index (χ1) is 12.1. The number of methoxy groups -OCH3 is 1. The normalized spacial score (nSPS) is 22.9. The largest absolute Gasteiger partial charge is 0.497 e. The van der Waals surface area contributed by atoms with E-state index in [1.165, 1.54) is 0 Å². The van der Waals surface area contributed by atoms with E-state index in [4.69, 9.17) is 4.74 Å². The summed E-state index contributed by atoms with van der Waals surface area (Å²) in [7, 11) is 1.65. The molecular formula is C19H20BrN2O2S+. The van der Waals surface area contributed by atoms with Crippen molar-refractivity contribution >= 4 is 38.5 Å². The number of halogens is 1. The zero-order valence-electron chi connectivity index (χ0n) is 14.0. The fourth-order valence-electron chi connectivity index (χ4n) is 3.45. The summed E-state index contributed by atoms with van der Waals surface area (Å²) in [6.45, 7) is 1.55. The molecule has 0 saturated heterocycles.